The normalized spacial score (nSPS) is 9.95. The highest BCUT2D eigenvalue weighted by Gasteiger charge is 2.14. The quantitative estimate of drug-likeness (QED) is 0.687. The summed E-state index contributed by atoms with van der Waals surface area (Å²) in [6.07, 6.45) is 0. The molecule has 0 unspecified atom stereocenters. The predicted octanol–water partition coefficient (Wildman–Crippen LogP) is 3.87. The van der Waals surface area contributed by atoms with E-state index in [4.69, 9.17) is 16.9 Å². The van der Waals surface area contributed by atoms with Crippen LogP contribution >= 0.6 is 11.6 Å². The van der Waals surface area contributed by atoms with Gasteiger partial charge in [-0.2, -0.15) is 5.26 Å². The molecule has 5 nitrogen and oxygen atoms in total. The lowest BCUT2D eigenvalue weighted by Crippen LogP contribution is -2.03. The van der Waals surface area contributed by atoms with Crippen LogP contribution in [0.15, 0.2) is 36.4 Å². The molecule has 0 saturated heterocycles. The highest BCUT2D eigenvalue weighted by molar-refractivity contribution is 6.30. The van der Waals surface area contributed by atoms with Crippen LogP contribution in [0.3, 0.4) is 0 Å². The van der Waals surface area contributed by atoms with Crippen LogP contribution in [-0.4, -0.2) is 4.92 Å². The lowest BCUT2D eigenvalue weighted by atomic mass is 10.1. The Morgan fingerprint density at radius 1 is 1.33 bits per heavy atom. The molecule has 0 amide bonds. The van der Waals surface area contributed by atoms with Crippen molar-refractivity contribution < 1.29 is 9.31 Å². The lowest BCUT2D eigenvalue weighted by Gasteiger charge is -2.08. The van der Waals surface area contributed by atoms with Gasteiger partial charge in [-0.25, -0.2) is 4.39 Å². The van der Waals surface area contributed by atoms with E-state index in [1.54, 1.807) is 18.2 Å². The number of hydrogen-bond acceptors (Lipinski definition) is 4. The first-order valence-electron chi connectivity index (χ1n) is 5.87. The SMILES string of the molecule is N#Cc1cc(NCc2ccc(Cl)cc2[N+](=O)[O-])ccc1F. The van der Waals surface area contributed by atoms with E-state index >= 15 is 0 Å². The fourth-order valence-electron chi connectivity index (χ4n) is 1.77. The average molecular weight is 306 g/mol. The molecule has 2 aromatic carbocycles. The van der Waals surface area contributed by atoms with Crippen molar-refractivity contribution in [2.45, 2.75) is 6.54 Å². The number of anilines is 1. The Morgan fingerprint density at radius 2 is 2.10 bits per heavy atom. The molecule has 0 aliphatic rings. The van der Waals surface area contributed by atoms with Gasteiger partial charge in [0.05, 0.1) is 10.5 Å². The summed E-state index contributed by atoms with van der Waals surface area (Å²) in [6.45, 7) is 0.157. The van der Waals surface area contributed by atoms with Gasteiger partial charge in [0.25, 0.3) is 5.69 Å². The second kappa shape index (κ2) is 6.20. The number of nitrogens with zero attached hydrogens (tertiary/aromatic N) is 2. The van der Waals surface area contributed by atoms with Crippen molar-refractivity contribution >= 4 is 23.0 Å². The maximum atomic E-state index is 13.2. The van der Waals surface area contributed by atoms with Crippen LogP contribution in [-0.2, 0) is 6.54 Å². The highest BCUT2D eigenvalue weighted by Crippen LogP contribution is 2.24. The van der Waals surface area contributed by atoms with Crippen LogP contribution in [0.25, 0.3) is 0 Å². The van der Waals surface area contributed by atoms with Gasteiger partial charge in [-0.1, -0.05) is 11.6 Å². The first kappa shape index (κ1) is 14.8. The van der Waals surface area contributed by atoms with Gasteiger partial charge in [-0.3, -0.25) is 10.1 Å². The van der Waals surface area contributed by atoms with E-state index < -0.39 is 10.7 Å². The molecule has 0 atom stereocenters. The van der Waals surface area contributed by atoms with Crippen LogP contribution in [0.4, 0.5) is 15.8 Å². The number of hydrogen-bond donors (Lipinski definition) is 1. The molecule has 0 aliphatic carbocycles. The number of nitrogens with one attached hydrogen (secondary N) is 1. The zero-order chi connectivity index (χ0) is 15.4. The van der Waals surface area contributed by atoms with Crippen molar-refractivity contribution in [2.24, 2.45) is 0 Å². The molecule has 21 heavy (non-hydrogen) atoms. The summed E-state index contributed by atoms with van der Waals surface area (Å²) in [5.74, 6) is -0.611. The number of halogens is 2. The molecule has 7 heteroatoms. The Hall–Kier alpha value is -2.65. The Balaban J connectivity index is 2.21. The van der Waals surface area contributed by atoms with Gasteiger partial charge in [0.15, 0.2) is 0 Å². The number of rotatable bonds is 4. The Labute approximate surface area is 124 Å². The van der Waals surface area contributed by atoms with Crippen molar-refractivity contribution in [1.29, 1.82) is 5.26 Å². The first-order valence-corrected chi connectivity index (χ1v) is 6.25. The van der Waals surface area contributed by atoms with Gasteiger partial charge in [0.1, 0.15) is 11.9 Å². The highest BCUT2D eigenvalue weighted by atomic mass is 35.5. The zero-order valence-corrected chi connectivity index (χ0v) is 11.4. The maximum absolute atomic E-state index is 13.2. The number of nitro benzene ring substituents is 1. The van der Waals surface area contributed by atoms with E-state index in [1.807, 2.05) is 0 Å². The Kier molecular flexibility index (Phi) is 4.36. The minimum atomic E-state index is -0.611. The van der Waals surface area contributed by atoms with Gasteiger partial charge < -0.3 is 5.32 Å². The third kappa shape index (κ3) is 3.46. The standard InChI is InChI=1S/C14H9ClFN3O2/c15-11-2-1-9(14(6-11)19(20)21)8-18-12-3-4-13(16)10(5-12)7-17/h1-6,18H,8H2. The van der Waals surface area contributed by atoms with Crippen LogP contribution in [0.5, 0.6) is 0 Å². The molecule has 0 radical (unpaired) electrons. The molecule has 0 spiro atoms. The Bertz CT molecular complexity index is 743. The molecule has 0 aliphatic heterocycles. The second-order valence-electron chi connectivity index (χ2n) is 4.19. The molecule has 0 aromatic heterocycles. The van der Waals surface area contributed by atoms with Crippen LogP contribution in [0.2, 0.25) is 5.02 Å². The van der Waals surface area contributed by atoms with E-state index in [0.29, 0.717) is 11.3 Å². The van der Waals surface area contributed by atoms with Crippen molar-refractivity contribution in [3.8, 4) is 6.07 Å². The van der Waals surface area contributed by atoms with Crippen molar-refractivity contribution in [3.63, 3.8) is 0 Å². The van der Waals surface area contributed by atoms with E-state index in [9.17, 15) is 14.5 Å². The molecule has 106 valence electrons. The molecule has 0 saturated carbocycles. The molecule has 1 N–H and O–H groups in total. The smallest absolute Gasteiger partial charge is 0.275 e. The summed E-state index contributed by atoms with van der Waals surface area (Å²) in [5, 5.41) is 22.9. The van der Waals surface area contributed by atoms with Crippen LogP contribution in [0.1, 0.15) is 11.1 Å². The third-order valence-electron chi connectivity index (χ3n) is 2.81. The van der Waals surface area contributed by atoms with Crippen LogP contribution < -0.4 is 5.32 Å². The third-order valence-corrected chi connectivity index (χ3v) is 3.05. The molecular weight excluding hydrogens is 297 g/mol. The summed E-state index contributed by atoms with van der Waals surface area (Å²) < 4.78 is 13.2. The van der Waals surface area contributed by atoms with Crippen LogP contribution in [0, 0.1) is 27.3 Å². The van der Waals surface area contributed by atoms with Gasteiger partial charge in [-0.15, -0.1) is 0 Å². The van der Waals surface area contributed by atoms with E-state index in [1.165, 1.54) is 18.2 Å². The minimum absolute atomic E-state index is 0.0920. The number of nitro groups is 1. The maximum Gasteiger partial charge on any atom is 0.275 e. The fourth-order valence-corrected chi connectivity index (χ4v) is 1.94. The lowest BCUT2D eigenvalue weighted by molar-refractivity contribution is -0.385. The summed E-state index contributed by atoms with van der Waals surface area (Å²) in [5.41, 5.74) is 0.743. The molecule has 0 heterocycles. The molecule has 2 rings (SSSR count). The van der Waals surface area contributed by atoms with E-state index in [-0.39, 0.29) is 22.8 Å². The number of nitriles is 1. The zero-order valence-electron chi connectivity index (χ0n) is 10.6. The van der Waals surface area contributed by atoms with Crippen molar-refractivity contribution in [1.82, 2.24) is 0 Å². The average Bonchev–Trinajstić information content (AvgIpc) is 2.47. The minimum Gasteiger partial charge on any atom is -0.381 e. The first-order chi connectivity index (χ1) is 10.0. The molecule has 0 fully saturated rings. The van der Waals surface area contributed by atoms with Crippen molar-refractivity contribution in [3.05, 3.63) is 68.5 Å². The van der Waals surface area contributed by atoms with Gasteiger partial charge in [0.2, 0.25) is 0 Å². The van der Waals surface area contributed by atoms with Gasteiger partial charge in [-0.05, 0) is 30.3 Å². The topological polar surface area (TPSA) is 79.0 Å². The summed E-state index contributed by atoms with van der Waals surface area (Å²) in [6, 6.07) is 10.1. The monoisotopic (exact) mass is 305 g/mol. The summed E-state index contributed by atoms with van der Waals surface area (Å²) in [4.78, 5) is 10.4. The van der Waals surface area contributed by atoms with E-state index in [2.05, 4.69) is 5.32 Å². The fraction of sp³-hybridized carbons (Fsp3) is 0.0714. The largest absolute Gasteiger partial charge is 0.381 e. The van der Waals surface area contributed by atoms with Crippen molar-refractivity contribution in [2.75, 3.05) is 5.32 Å². The Morgan fingerprint density at radius 3 is 2.76 bits per heavy atom. The molecule has 0 bridgehead atoms. The van der Waals surface area contributed by atoms with Gasteiger partial charge >= 0.3 is 0 Å². The summed E-state index contributed by atoms with van der Waals surface area (Å²) in [7, 11) is 0. The second-order valence-corrected chi connectivity index (χ2v) is 4.63. The predicted molar refractivity (Wildman–Crippen MR) is 76.5 cm³/mol. The number of benzene rings is 2. The molecular formula is C14H9ClFN3O2. The van der Waals surface area contributed by atoms with Gasteiger partial charge in [0, 0.05) is 28.9 Å². The molecule has 2 aromatic rings. The van der Waals surface area contributed by atoms with E-state index in [0.717, 1.165) is 6.07 Å². The summed E-state index contributed by atoms with van der Waals surface area (Å²) >= 11 is 5.73.